The summed E-state index contributed by atoms with van der Waals surface area (Å²) in [5.41, 5.74) is 0.984. The zero-order valence-corrected chi connectivity index (χ0v) is 10.7. The Bertz CT molecular complexity index is 520. The molecule has 1 aromatic carbocycles. The van der Waals surface area contributed by atoms with Crippen LogP contribution in [0, 0.1) is 17.1 Å². The van der Waals surface area contributed by atoms with Crippen LogP contribution in [0.5, 0.6) is 0 Å². The number of nitrogens with zero attached hydrogens (tertiary/aromatic N) is 1. The van der Waals surface area contributed by atoms with Crippen molar-refractivity contribution in [1.29, 1.82) is 5.26 Å². The van der Waals surface area contributed by atoms with Crippen LogP contribution >= 0.6 is 0 Å². The molecule has 1 amide bonds. The molecule has 0 spiro atoms. The van der Waals surface area contributed by atoms with E-state index in [0.29, 0.717) is 23.7 Å². The fourth-order valence-electron chi connectivity index (χ4n) is 1.73. The van der Waals surface area contributed by atoms with E-state index in [4.69, 9.17) is 5.26 Å². The molecule has 5 heteroatoms. The van der Waals surface area contributed by atoms with Crippen molar-refractivity contribution in [3.05, 3.63) is 35.1 Å². The van der Waals surface area contributed by atoms with Crippen LogP contribution in [0.1, 0.15) is 30.9 Å². The van der Waals surface area contributed by atoms with E-state index >= 15 is 0 Å². The van der Waals surface area contributed by atoms with Crippen LogP contribution in [-0.2, 0) is 11.3 Å². The standard InChI is InChI=1S/C14H16FN3O/c1-9(14(19)18-13-4-5-13)17-8-11-6-12(15)3-2-10(11)7-16/h2-3,6,9,13,17H,4-5,8H2,1H3,(H,18,19). The maximum atomic E-state index is 13.1. The third kappa shape index (κ3) is 3.76. The van der Waals surface area contributed by atoms with Crippen LogP contribution in [0.15, 0.2) is 18.2 Å². The van der Waals surface area contributed by atoms with Crippen LogP contribution < -0.4 is 10.6 Å². The minimum atomic E-state index is -0.383. The van der Waals surface area contributed by atoms with E-state index in [1.807, 2.05) is 6.07 Å². The Kier molecular flexibility index (Phi) is 4.13. The second-order valence-electron chi connectivity index (χ2n) is 4.80. The van der Waals surface area contributed by atoms with Gasteiger partial charge in [-0.2, -0.15) is 5.26 Å². The minimum Gasteiger partial charge on any atom is -0.352 e. The van der Waals surface area contributed by atoms with Crippen molar-refractivity contribution in [1.82, 2.24) is 10.6 Å². The molecule has 1 aliphatic carbocycles. The summed E-state index contributed by atoms with van der Waals surface area (Å²) < 4.78 is 13.1. The van der Waals surface area contributed by atoms with Crippen LogP contribution in [-0.4, -0.2) is 18.0 Å². The summed E-state index contributed by atoms with van der Waals surface area (Å²) in [5, 5.41) is 14.8. The van der Waals surface area contributed by atoms with Crippen molar-refractivity contribution in [3.63, 3.8) is 0 Å². The maximum Gasteiger partial charge on any atom is 0.237 e. The van der Waals surface area contributed by atoms with Gasteiger partial charge in [0.15, 0.2) is 0 Å². The molecule has 0 saturated heterocycles. The zero-order chi connectivity index (χ0) is 13.8. The predicted octanol–water partition coefficient (Wildman–Crippen LogP) is 1.45. The van der Waals surface area contributed by atoms with Gasteiger partial charge in [0, 0.05) is 12.6 Å². The first-order valence-corrected chi connectivity index (χ1v) is 6.32. The van der Waals surface area contributed by atoms with E-state index in [2.05, 4.69) is 10.6 Å². The van der Waals surface area contributed by atoms with E-state index in [0.717, 1.165) is 12.8 Å². The van der Waals surface area contributed by atoms with E-state index in [9.17, 15) is 9.18 Å². The van der Waals surface area contributed by atoms with Crippen molar-refractivity contribution < 1.29 is 9.18 Å². The molecule has 100 valence electrons. The molecule has 0 aliphatic heterocycles. The Morgan fingerprint density at radius 1 is 1.58 bits per heavy atom. The summed E-state index contributed by atoms with van der Waals surface area (Å²) in [6.07, 6.45) is 2.09. The predicted molar refractivity (Wildman–Crippen MR) is 68.6 cm³/mol. The Balaban J connectivity index is 1.92. The van der Waals surface area contributed by atoms with Gasteiger partial charge < -0.3 is 10.6 Å². The van der Waals surface area contributed by atoms with E-state index in [1.54, 1.807) is 6.92 Å². The van der Waals surface area contributed by atoms with Gasteiger partial charge in [0.25, 0.3) is 0 Å². The van der Waals surface area contributed by atoms with Gasteiger partial charge in [0.1, 0.15) is 5.82 Å². The number of benzene rings is 1. The van der Waals surface area contributed by atoms with E-state index in [1.165, 1.54) is 18.2 Å². The lowest BCUT2D eigenvalue weighted by molar-refractivity contribution is -0.122. The third-order valence-electron chi connectivity index (χ3n) is 3.10. The summed E-state index contributed by atoms with van der Waals surface area (Å²) >= 11 is 0. The van der Waals surface area contributed by atoms with Crippen LogP contribution in [0.2, 0.25) is 0 Å². The van der Waals surface area contributed by atoms with Gasteiger partial charge in [-0.25, -0.2) is 4.39 Å². The molecule has 0 radical (unpaired) electrons. The number of nitriles is 1. The summed E-state index contributed by atoms with van der Waals surface area (Å²) in [6, 6.07) is 5.98. The second-order valence-corrected chi connectivity index (χ2v) is 4.80. The van der Waals surface area contributed by atoms with E-state index < -0.39 is 0 Å². The van der Waals surface area contributed by atoms with Crippen molar-refractivity contribution >= 4 is 5.91 Å². The molecular formula is C14H16FN3O. The fraction of sp³-hybridized carbons (Fsp3) is 0.429. The summed E-state index contributed by atoms with van der Waals surface area (Å²) in [5.74, 6) is -0.441. The van der Waals surface area contributed by atoms with Crippen molar-refractivity contribution in [2.75, 3.05) is 0 Å². The second kappa shape index (κ2) is 5.81. The van der Waals surface area contributed by atoms with Crippen LogP contribution in [0.25, 0.3) is 0 Å². The van der Waals surface area contributed by atoms with Crippen LogP contribution in [0.4, 0.5) is 4.39 Å². The van der Waals surface area contributed by atoms with Crippen molar-refractivity contribution in [2.45, 2.75) is 38.4 Å². The zero-order valence-electron chi connectivity index (χ0n) is 10.7. The van der Waals surface area contributed by atoms with Gasteiger partial charge in [0.2, 0.25) is 5.91 Å². The number of halogens is 1. The van der Waals surface area contributed by atoms with Gasteiger partial charge in [-0.15, -0.1) is 0 Å². The van der Waals surface area contributed by atoms with E-state index in [-0.39, 0.29) is 17.8 Å². The molecule has 2 rings (SSSR count). The molecule has 0 aromatic heterocycles. The van der Waals surface area contributed by atoms with Gasteiger partial charge in [-0.3, -0.25) is 4.79 Å². The number of hydrogen-bond donors (Lipinski definition) is 2. The highest BCUT2D eigenvalue weighted by molar-refractivity contribution is 5.81. The Hall–Kier alpha value is -1.93. The molecule has 1 fully saturated rings. The quantitative estimate of drug-likeness (QED) is 0.843. The molecule has 1 saturated carbocycles. The Morgan fingerprint density at radius 3 is 2.95 bits per heavy atom. The first kappa shape index (κ1) is 13.5. The van der Waals surface area contributed by atoms with Gasteiger partial charge >= 0.3 is 0 Å². The molecule has 2 N–H and O–H groups in total. The molecular weight excluding hydrogens is 245 g/mol. The van der Waals surface area contributed by atoms with Gasteiger partial charge in [-0.05, 0) is 43.5 Å². The average molecular weight is 261 g/mol. The highest BCUT2D eigenvalue weighted by Gasteiger charge is 2.25. The molecule has 1 atom stereocenters. The summed E-state index contributed by atoms with van der Waals surface area (Å²) in [4.78, 5) is 11.7. The number of carbonyl (C=O) groups excluding carboxylic acids is 1. The van der Waals surface area contributed by atoms with Gasteiger partial charge in [0.05, 0.1) is 17.7 Å². The Labute approximate surface area is 111 Å². The average Bonchev–Trinajstić information content (AvgIpc) is 3.20. The first-order valence-electron chi connectivity index (χ1n) is 6.32. The molecule has 0 bridgehead atoms. The molecule has 1 aliphatic rings. The number of hydrogen-bond acceptors (Lipinski definition) is 3. The number of carbonyl (C=O) groups is 1. The number of amides is 1. The highest BCUT2D eigenvalue weighted by atomic mass is 19.1. The number of rotatable bonds is 5. The smallest absolute Gasteiger partial charge is 0.237 e. The normalized spacial score (nSPS) is 15.6. The molecule has 0 heterocycles. The molecule has 1 aromatic rings. The fourth-order valence-corrected chi connectivity index (χ4v) is 1.73. The van der Waals surface area contributed by atoms with Gasteiger partial charge in [-0.1, -0.05) is 0 Å². The summed E-state index contributed by atoms with van der Waals surface area (Å²) in [7, 11) is 0. The monoisotopic (exact) mass is 261 g/mol. The first-order chi connectivity index (χ1) is 9.10. The lowest BCUT2D eigenvalue weighted by Gasteiger charge is -2.14. The van der Waals surface area contributed by atoms with Crippen molar-refractivity contribution in [2.24, 2.45) is 0 Å². The van der Waals surface area contributed by atoms with Crippen molar-refractivity contribution in [3.8, 4) is 6.07 Å². The maximum absolute atomic E-state index is 13.1. The SMILES string of the molecule is CC(NCc1cc(F)ccc1C#N)C(=O)NC1CC1. The lowest BCUT2D eigenvalue weighted by Crippen LogP contribution is -2.42. The third-order valence-corrected chi connectivity index (χ3v) is 3.10. The minimum absolute atomic E-state index is 0.0580. The topological polar surface area (TPSA) is 64.9 Å². The Morgan fingerprint density at radius 2 is 2.32 bits per heavy atom. The largest absolute Gasteiger partial charge is 0.352 e. The lowest BCUT2D eigenvalue weighted by atomic mass is 10.1. The number of nitrogens with one attached hydrogen (secondary N) is 2. The molecule has 4 nitrogen and oxygen atoms in total. The summed E-state index contributed by atoms with van der Waals surface area (Å²) in [6.45, 7) is 2.04. The molecule has 1 unspecified atom stereocenters. The highest BCUT2D eigenvalue weighted by Crippen LogP contribution is 2.18. The van der Waals surface area contributed by atoms with Crippen LogP contribution in [0.3, 0.4) is 0 Å². The molecule has 19 heavy (non-hydrogen) atoms.